The normalized spacial score (nSPS) is 11.2. The minimum Gasteiger partial charge on any atom is -0.322 e. The van der Waals surface area contributed by atoms with Crippen molar-refractivity contribution in [3.8, 4) is 0 Å². The van der Waals surface area contributed by atoms with Crippen LogP contribution in [0.1, 0.15) is 21.5 Å². The number of halogens is 2. The lowest BCUT2D eigenvalue weighted by molar-refractivity contribution is 0.102. The van der Waals surface area contributed by atoms with Gasteiger partial charge in [-0.15, -0.1) is 0 Å². The number of rotatable bonds is 5. The van der Waals surface area contributed by atoms with Crippen molar-refractivity contribution in [2.45, 2.75) is 18.7 Å². The van der Waals surface area contributed by atoms with Crippen LogP contribution in [0.2, 0.25) is 10.0 Å². The van der Waals surface area contributed by atoms with E-state index in [2.05, 4.69) is 10.0 Å². The molecule has 0 unspecified atom stereocenters. The predicted molar refractivity (Wildman–Crippen MR) is 118 cm³/mol. The molecule has 0 radical (unpaired) electrons. The zero-order valence-electron chi connectivity index (χ0n) is 15.7. The van der Waals surface area contributed by atoms with E-state index in [-0.39, 0.29) is 10.8 Å². The van der Waals surface area contributed by atoms with E-state index in [0.717, 1.165) is 5.56 Å². The van der Waals surface area contributed by atoms with Crippen LogP contribution in [0, 0.1) is 13.8 Å². The molecule has 0 bridgehead atoms. The predicted octanol–water partition coefficient (Wildman–Crippen LogP) is 5.66. The molecule has 0 fully saturated rings. The fourth-order valence-corrected chi connectivity index (χ4v) is 4.33. The quantitative estimate of drug-likeness (QED) is 0.528. The van der Waals surface area contributed by atoms with Crippen LogP contribution in [0.4, 0.5) is 11.4 Å². The summed E-state index contributed by atoms with van der Waals surface area (Å²) < 4.78 is 27.7. The zero-order chi connectivity index (χ0) is 21.2. The van der Waals surface area contributed by atoms with Gasteiger partial charge in [0.1, 0.15) is 0 Å². The number of hydrogen-bond donors (Lipinski definition) is 2. The highest BCUT2D eigenvalue weighted by atomic mass is 35.5. The van der Waals surface area contributed by atoms with E-state index in [4.69, 9.17) is 23.2 Å². The third kappa shape index (κ3) is 5.29. The number of carbonyl (C=O) groups is 1. The Morgan fingerprint density at radius 1 is 0.862 bits per heavy atom. The molecule has 2 N–H and O–H groups in total. The van der Waals surface area contributed by atoms with Gasteiger partial charge < -0.3 is 5.32 Å². The van der Waals surface area contributed by atoms with Crippen LogP contribution in [0.15, 0.2) is 65.6 Å². The molecule has 0 heterocycles. The third-order valence-electron chi connectivity index (χ3n) is 4.18. The molecule has 0 spiro atoms. The Kier molecular flexibility index (Phi) is 6.17. The Labute approximate surface area is 179 Å². The van der Waals surface area contributed by atoms with Gasteiger partial charge in [-0.2, -0.15) is 0 Å². The van der Waals surface area contributed by atoms with Gasteiger partial charge in [0.2, 0.25) is 0 Å². The second-order valence-corrected chi connectivity index (χ2v) is 9.12. The molecule has 3 aromatic rings. The molecule has 0 aliphatic carbocycles. The number of carbonyl (C=O) groups excluding carboxylic acids is 1. The van der Waals surface area contributed by atoms with Crippen LogP contribution in [0.5, 0.6) is 0 Å². The Morgan fingerprint density at radius 2 is 1.48 bits per heavy atom. The Bertz CT molecular complexity index is 1160. The lowest BCUT2D eigenvalue weighted by Gasteiger charge is -2.12. The maximum Gasteiger partial charge on any atom is 0.261 e. The smallest absolute Gasteiger partial charge is 0.261 e. The van der Waals surface area contributed by atoms with Crippen molar-refractivity contribution in [1.29, 1.82) is 0 Å². The molecule has 0 aliphatic heterocycles. The molecule has 5 nitrogen and oxygen atoms in total. The summed E-state index contributed by atoms with van der Waals surface area (Å²) in [5.74, 6) is -0.362. The van der Waals surface area contributed by atoms with E-state index in [1.807, 2.05) is 6.92 Å². The molecule has 1 amide bonds. The Balaban J connectivity index is 1.79. The lowest BCUT2D eigenvalue weighted by atomic mass is 10.1. The first-order valence-corrected chi connectivity index (χ1v) is 10.9. The highest BCUT2D eigenvalue weighted by Gasteiger charge is 2.16. The molecule has 3 rings (SSSR count). The summed E-state index contributed by atoms with van der Waals surface area (Å²) in [5.41, 5.74) is 2.81. The van der Waals surface area contributed by atoms with Crippen LogP contribution >= 0.6 is 23.2 Å². The van der Waals surface area contributed by atoms with Gasteiger partial charge in [0.05, 0.1) is 10.6 Å². The summed E-state index contributed by atoms with van der Waals surface area (Å²) in [7, 11) is -3.72. The fourth-order valence-electron chi connectivity index (χ4n) is 2.67. The number of sulfonamides is 1. The number of aryl methyl sites for hydroxylation is 2. The van der Waals surface area contributed by atoms with Gasteiger partial charge in [-0.25, -0.2) is 8.42 Å². The van der Waals surface area contributed by atoms with Crippen molar-refractivity contribution in [2.24, 2.45) is 0 Å². The van der Waals surface area contributed by atoms with E-state index in [0.29, 0.717) is 32.5 Å². The minimum atomic E-state index is -3.72. The minimum absolute atomic E-state index is 0.169. The molecule has 0 saturated carbocycles. The number of amides is 1. The number of nitrogens with one attached hydrogen (secondary N) is 2. The molecule has 0 atom stereocenters. The van der Waals surface area contributed by atoms with Gasteiger partial charge in [0, 0.05) is 21.3 Å². The molecule has 0 saturated heterocycles. The largest absolute Gasteiger partial charge is 0.322 e. The van der Waals surface area contributed by atoms with Crippen LogP contribution < -0.4 is 10.0 Å². The van der Waals surface area contributed by atoms with Crippen molar-refractivity contribution in [2.75, 3.05) is 10.0 Å². The van der Waals surface area contributed by atoms with Gasteiger partial charge in [-0.3, -0.25) is 9.52 Å². The van der Waals surface area contributed by atoms with E-state index < -0.39 is 10.0 Å². The van der Waals surface area contributed by atoms with Gasteiger partial charge in [-0.05, 0) is 67.9 Å². The van der Waals surface area contributed by atoms with Gasteiger partial charge >= 0.3 is 0 Å². The average Bonchev–Trinajstić information content (AvgIpc) is 2.62. The topological polar surface area (TPSA) is 75.3 Å². The summed E-state index contributed by atoms with van der Waals surface area (Å²) in [6, 6.07) is 16.0. The van der Waals surface area contributed by atoms with Gasteiger partial charge in [0.15, 0.2) is 0 Å². The van der Waals surface area contributed by atoms with Crippen LogP contribution in [-0.2, 0) is 10.0 Å². The molecule has 0 aliphatic rings. The summed E-state index contributed by atoms with van der Waals surface area (Å²) in [4.78, 5) is 12.7. The highest BCUT2D eigenvalue weighted by molar-refractivity contribution is 7.92. The van der Waals surface area contributed by atoms with Crippen LogP contribution in [-0.4, -0.2) is 14.3 Å². The Morgan fingerprint density at radius 3 is 2.07 bits per heavy atom. The molecule has 150 valence electrons. The number of benzene rings is 3. The van der Waals surface area contributed by atoms with Crippen molar-refractivity contribution in [3.63, 3.8) is 0 Å². The first kappa shape index (κ1) is 21.2. The SMILES string of the molecule is Cc1ccc(S(=O)(=O)Nc2ccc(C(=O)Nc3cc(Cl)cc(Cl)c3)cc2C)cc1. The standard InChI is InChI=1S/C21H18Cl2N2O3S/c1-13-3-6-19(7-4-13)29(27,28)25-20-8-5-15(9-14(20)2)21(26)24-18-11-16(22)10-17(23)12-18/h3-12,25H,1-2H3,(H,24,26). The fraction of sp³-hybridized carbons (Fsp3) is 0.0952. The maximum absolute atomic E-state index is 12.6. The first-order chi connectivity index (χ1) is 13.6. The molecule has 29 heavy (non-hydrogen) atoms. The highest BCUT2D eigenvalue weighted by Crippen LogP contribution is 2.24. The lowest BCUT2D eigenvalue weighted by Crippen LogP contribution is -2.15. The maximum atomic E-state index is 12.6. The molecular formula is C21H18Cl2N2O3S. The van der Waals surface area contributed by atoms with Crippen molar-refractivity contribution in [1.82, 2.24) is 0 Å². The van der Waals surface area contributed by atoms with Crippen molar-refractivity contribution < 1.29 is 13.2 Å². The van der Waals surface area contributed by atoms with E-state index in [1.54, 1.807) is 67.6 Å². The van der Waals surface area contributed by atoms with Gasteiger partial charge in [-0.1, -0.05) is 40.9 Å². The summed E-state index contributed by atoms with van der Waals surface area (Å²) in [5, 5.41) is 3.53. The average molecular weight is 449 g/mol. The summed E-state index contributed by atoms with van der Waals surface area (Å²) in [6.45, 7) is 3.61. The van der Waals surface area contributed by atoms with E-state index >= 15 is 0 Å². The summed E-state index contributed by atoms with van der Waals surface area (Å²) in [6.07, 6.45) is 0. The van der Waals surface area contributed by atoms with Crippen molar-refractivity contribution >= 4 is 50.5 Å². The van der Waals surface area contributed by atoms with Crippen molar-refractivity contribution in [3.05, 3.63) is 87.4 Å². The van der Waals surface area contributed by atoms with Gasteiger partial charge in [0.25, 0.3) is 15.9 Å². The zero-order valence-corrected chi connectivity index (χ0v) is 18.0. The monoisotopic (exact) mass is 448 g/mol. The second kappa shape index (κ2) is 8.45. The Hall–Kier alpha value is -2.54. The second-order valence-electron chi connectivity index (χ2n) is 6.56. The molecular weight excluding hydrogens is 431 g/mol. The molecule has 0 aromatic heterocycles. The third-order valence-corrected chi connectivity index (χ3v) is 6.00. The number of hydrogen-bond acceptors (Lipinski definition) is 3. The van der Waals surface area contributed by atoms with E-state index in [9.17, 15) is 13.2 Å². The summed E-state index contributed by atoms with van der Waals surface area (Å²) >= 11 is 11.9. The molecule has 8 heteroatoms. The van der Waals surface area contributed by atoms with Crippen LogP contribution in [0.25, 0.3) is 0 Å². The molecule has 3 aromatic carbocycles. The first-order valence-electron chi connectivity index (χ1n) is 8.62. The number of anilines is 2. The van der Waals surface area contributed by atoms with E-state index in [1.165, 1.54) is 0 Å². The van der Waals surface area contributed by atoms with Crippen LogP contribution in [0.3, 0.4) is 0 Å².